The van der Waals surface area contributed by atoms with Crippen molar-refractivity contribution in [1.29, 1.82) is 0 Å². The van der Waals surface area contributed by atoms with Crippen LogP contribution in [0.15, 0.2) is 36.9 Å². The average Bonchev–Trinajstić information content (AvgIpc) is 3.06. The molecule has 0 radical (unpaired) electrons. The molecule has 0 atom stereocenters. The molecular formula is C11H7N7O. The van der Waals surface area contributed by atoms with Crippen molar-refractivity contribution in [3.8, 4) is 5.88 Å². The molecule has 1 N–H and O–H groups in total. The van der Waals surface area contributed by atoms with Crippen molar-refractivity contribution < 1.29 is 4.84 Å². The third kappa shape index (κ3) is 1.50. The minimum atomic E-state index is 0.346. The van der Waals surface area contributed by atoms with E-state index in [1.807, 2.05) is 24.3 Å². The number of fused-ring (bicyclic) bond motifs is 2. The number of hydrogen-bond donors (Lipinski definition) is 1. The number of nitrogens with zero attached hydrogens (tertiary/aromatic N) is 6. The summed E-state index contributed by atoms with van der Waals surface area (Å²) in [6.45, 7) is 0. The topological polar surface area (TPSA) is 94.4 Å². The maximum atomic E-state index is 5.62. The third-order valence-corrected chi connectivity index (χ3v) is 2.68. The van der Waals surface area contributed by atoms with E-state index in [0.717, 1.165) is 11.0 Å². The van der Waals surface area contributed by atoms with Gasteiger partial charge in [0.25, 0.3) is 5.88 Å². The van der Waals surface area contributed by atoms with Gasteiger partial charge in [-0.25, -0.2) is 9.97 Å². The summed E-state index contributed by atoms with van der Waals surface area (Å²) in [6, 6.07) is 7.49. The lowest BCUT2D eigenvalue weighted by Gasteiger charge is -2.03. The van der Waals surface area contributed by atoms with Gasteiger partial charge in [-0.3, -0.25) is 0 Å². The Hall–Kier alpha value is -3.03. The average molecular weight is 253 g/mol. The highest BCUT2D eigenvalue weighted by molar-refractivity contribution is 5.76. The van der Waals surface area contributed by atoms with E-state index in [0.29, 0.717) is 17.0 Å². The highest BCUT2D eigenvalue weighted by Crippen LogP contribution is 2.18. The lowest BCUT2D eigenvalue weighted by atomic mass is 10.3. The van der Waals surface area contributed by atoms with Gasteiger partial charge in [-0.2, -0.15) is 4.98 Å². The molecule has 0 unspecified atom stereocenters. The van der Waals surface area contributed by atoms with E-state index in [1.165, 1.54) is 17.5 Å². The van der Waals surface area contributed by atoms with Crippen LogP contribution in [0.2, 0.25) is 0 Å². The molecule has 19 heavy (non-hydrogen) atoms. The Bertz CT molecular complexity index is 865. The minimum Gasteiger partial charge on any atom is -0.339 e. The Morgan fingerprint density at radius 1 is 1.11 bits per heavy atom. The van der Waals surface area contributed by atoms with E-state index < -0.39 is 0 Å². The molecule has 0 saturated carbocycles. The highest BCUT2D eigenvalue weighted by atomic mass is 16.7. The predicted molar refractivity (Wildman–Crippen MR) is 65.2 cm³/mol. The number of aromatic nitrogens is 7. The van der Waals surface area contributed by atoms with E-state index in [-0.39, 0.29) is 0 Å². The highest BCUT2D eigenvalue weighted by Gasteiger charge is 2.11. The Morgan fingerprint density at radius 3 is 3.05 bits per heavy atom. The standard InChI is InChI=1S/C11H7N7O/c1-2-4-8-7(3-1)16-17-18(8)19-11-9-10(13-5-12-9)14-6-15-11/h1-6H,(H,12,13,14,15). The molecule has 0 saturated heterocycles. The van der Waals surface area contributed by atoms with Gasteiger partial charge in [-0.05, 0) is 17.3 Å². The van der Waals surface area contributed by atoms with Crippen LogP contribution in [0, 0.1) is 0 Å². The number of imidazole rings is 1. The molecule has 4 aromatic rings. The van der Waals surface area contributed by atoms with Crippen molar-refractivity contribution in [3.63, 3.8) is 0 Å². The predicted octanol–water partition coefficient (Wildman–Crippen LogP) is 0.940. The van der Waals surface area contributed by atoms with Crippen LogP contribution in [0.3, 0.4) is 0 Å². The van der Waals surface area contributed by atoms with Gasteiger partial charge in [0.1, 0.15) is 17.4 Å². The third-order valence-electron chi connectivity index (χ3n) is 2.68. The van der Waals surface area contributed by atoms with Gasteiger partial charge in [0.2, 0.25) is 0 Å². The monoisotopic (exact) mass is 253 g/mol. The first-order chi connectivity index (χ1) is 9.42. The number of H-pyrrole nitrogens is 1. The second kappa shape index (κ2) is 3.73. The van der Waals surface area contributed by atoms with Crippen LogP contribution in [0.25, 0.3) is 22.2 Å². The lowest BCUT2D eigenvalue weighted by Crippen LogP contribution is -2.08. The van der Waals surface area contributed by atoms with E-state index in [1.54, 1.807) is 0 Å². The largest absolute Gasteiger partial charge is 0.339 e. The first-order valence-corrected chi connectivity index (χ1v) is 5.55. The summed E-state index contributed by atoms with van der Waals surface area (Å²) in [5, 5.41) is 7.93. The van der Waals surface area contributed by atoms with Crippen molar-refractivity contribution in [1.82, 2.24) is 35.1 Å². The maximum Gasteiger partial charge on any atom is 0.277 e. The molecular weight excluding hydrogens is 246 g/mol. The van der Waals surface area contributed by atoms with Crippen LogP contribution in [-0.2, 0) is 0 Å². The number of aromatic amines is 1. The molecule has 0 aliphatic rings. The molecule has 0 aliphatic carbocycles. The molecule has 3 aromatic heterocycles. The summed E-state index contributed by atoms with van der Waals surface area (Å²) in [4.78, 5) is 22.0. The number of rotatable bonds is 2. The van der Waals surface area contributed by atoms with Crippen molar-refractivity contribution in [3.05, 3.63) is 36.9 Å². The zero-order valence-corrected chi connectivity index (χ0v) is 9.56. The first kappa shape index (κ1) is 9.95. The van der Waals surface area contributed by atoms with Crippen molar-refractivity contribution in [2.24, 2.45) is 0 Å². The van der Waals surface area contributed by atoms with Crippen molar-refractivity contribution >= 4 is 22.2 Å². The fraction of sp³-hybridized carbons (Fsp3) is 0. The van der Waals surface area contributed by atoms with Crippen molar-refractivity contribution in [2.45, 2.75) is 0 Å². The van der Waals surface area contributed by atoms with Crippen LogP contribution in [0.5, 0.6) is 5.88 Å². The second-order valence-corrected chi connectivity index (χ2v) is 3.82. The van der Waals surface area contributed by atoms with Crippen LogP contribution in [-0.4, -0.2) is 35.1 Å². The smallest absolute Gasteiger partial charge is 0.277 e. The molecule has 4 rings (SSSR count). The Balaban J connectivity index is 1.84. The van der Waals surface area contributed by atoms with E-state index in [2.05, 4.69) is 30.2 Å². The maximum absolute atomic E-state index is 5.62. The summed E-state index contributed by atoms with van der Waals surface area (Å²) < 4.78 is 0. The zero-order chi connectivity index (χ0) is 12.7. The summed E-state index contributed by atoms with van der Waals surface area (Å²) >= 11 is 0. The summed E-state index contributed by atoms with van der Waals surface area (Å²) in [7, 11) is 0. The van der Waals surface area contributed by atoms with Crippen LogP contribution in [0.1, 0.15) is 0 Å². The summed E-state index contributed by atoms with van der Waals surface area (Å²) in [5.74, 6) is 0.346. The van der Waals surface area contributed by atoms with Gasteiger partial charge in [-0.15, -0.1) is 5.10 Å². The van der Waals surface area contributed by atoms with Crippen LogP contribution in [0.4, 0.5) is 0 Å². The van der Waals surface area contributed by atoms with Crippen molar-refractivity contribution in [2.75, 3.05) is 0 Å². The van der Waals surface area contributed by atoms with Gasteiger partial charge in [-0.1, -0.05) is 17.0 Å². The first-order valence-electron chi connectivity index (χ1n) is 5.55. The summed E-state index contributed by atoms with van der Waals surface area (Å²) in [5.41, 5.74) is 2.66. The SMILES string of the molecule is c1ccc2c(c1)nnn2Oc1ncnc2nc[nH]c12. The molecule has 8 nitrogen and oxygen atoms in total. The van der Waals surface area contributed by atoms with Crippen LogP contribution < -0.4 is 4.84 Å². The van der Waals surface area contributed by atoms with E-state index >= 15 is 0 Å². The van der Waals surface area contributed by atoms with Crippen LogP contribution >= 0.6 is 0 Å². The number of hydrogen-bond acceptors (Lipinski definition) is 6. The summed E-state index contributed by atoms with van der Waals surface area (Å²) in [6.07, 6.45) is 2.92. The van der Waals surface area contributed by atoms with E-state index in [9.17, 15) is 0 Å². The van der Waals surface area contributed by atoms with Gasteiger partial charge in [0, 0.05) is 0 Å². The Labute approximate surface area is 106 Å². The molecule has 92 valence electrons. The molecule has 0 aliphatic heterocycles. The quantitative estimate of drug-likeness (QED) is 0.571. The molecule has 0 bridgehead atoms. The van der Waals surface area contributed by atoms with Gasteiger partial charge in [0.15, 0.2) is 11.2 Å². The molecule has 0 spiro atoms. The number of benzene rings is 1. The molecule has 8 heteroatoms. The molecule has 1 aromatic carbocycles. The normalized spacial score (nSPS) is 11.2. The Morgan fingerprint density at radius 2 is 2.05 bits per heavy atom. The molecule has 3 heterocycles. The number of nitrogens with one attached hydrogen (secondary N) is 1. The minimum absolute atomic E-state index is 0.346. The fourth-order valence-electron chi connectivity index (χ4n) is 1.81. The lowest BCUT2D eigenvalue weighted by molar-refractivity contribution is 0.178. The Kier molecular flexibility index (Phi) is 1.95. The fourth-order valence-corrected chi connectivity index (χ4v) is 1.81. The second-order valence-electron chi connectivity index (χ2n) is 3.82. The zero-order valence-electron chi connectivity index (χ0n) is 9.56. The van der Waals surface area contributed by atoms with Gasteiger partial charge in [0.05, 0.1) is 6.33 Å². The van der Waals surface area contributed by atoms with Gasteiger partial charge >= 0.3 is 0 Å². The van der Waals surface area contributed by atoms with E-state index in [4.69, 9.17) is 4.84 Å². The molecule has 0 amide bonds. The van der Waals surface area contributed by atoms with Gasteiger partial charge < -0.3 is 9.82 Å². The molecule has 0 fully saturated rings. The number of para-hydroxylation sites is 1.